The second-order valence-electron chi connectivity index (χ2n) is 6.36. The normalized spacial score (nSPS) is 15.6. The van der Waals surface area contributed by atoms with Gasteiger partial charge in [0.05, 0.1) is 0 Å². The van der Waals surface area contributed by atoms with Gasteiger partial charge in [-0.2, -0.15) is 0 Å². The average molecular weight is 371 g/mol. The minimum Gasteiger partial charge on any atom is -0.355 e. The predicted octanol–water partition coefficient (Wildman–Crippen LogP) is 1.10. The van der Waals surface area contributed by atoms with Gasteiger partial charge in [0.1, 0.15) is 5.82 Å². The number of halogens is 1. The standard InChI is InChI=1S/C19H26FN7/c1-21-18(25-15-16-4-2-5-17(20)14-16)22-8-9-26-10-12-27(13-11-26)19-23-6-3-7-24-19/h2-7,14H,8-13,15H2,1H3,(H2,21,22,25). The summed E-state index contributed by atoms with van der Waals surface area (Å²) < 4.78 is 13.2. The summed E-state index contributed by atoms with van der Waals surface area (Å²) in [4.78, 5) is 17.5. The van der Waals surface area contributed by atoms with Crippen LogP contribution in [0.1, 0.15) is 5.56 Å². The van der Waals surface area contributed by atoms with E-state index in [1.54, 1.807) is 25.5 Å². The molecular weight excluding hydrogens is 345 g/mol. The molecule has 1 aliphatic heterocycles. The fourth-order valence-electron chi connectivity index (χ4n) is 3.01. The van der Waals surface area contributed by atoms with Crippen molar-refractivity contribution in [3.63, 3.8) is 0 Å². The molecule has 1 aromatic carbocycles. The van der Waals surface area contributed by atoms with Gasteiger partial charge in [0.15, 0.2) is 5.96 Å². The van der Waals surface area contributed by atoms with Gasteiger partial charge in [0, 0.05) is 65.3 Å². The summed E-state index contributed by atoms with van der Waals surface area (Å²) in [6, 6.07) is 8.40. The molecule has 0 spiro atoms. The Bertz CT molecular complexity index is 730. The van der Waals surface area contributed by atoms with Crippen molar-refractivity contribution in [1.29, 1.82) is 0 Å². The number of piperazine rings is 1. The molecule has 0 aliphatic carbocycles. The van der Waals surface area contributed by atoms with Gasteiger partial charge in [-0.05, 0) is 23.8 Å². The molecule has 2 aromatic rings. The number of rotatable bonds is 6. The number of aliphatic imine (C=N–C) groups is 1. The van der Waals surface area contributed by atoms with Gasteiger partial charge >= 0.3 is 0 Å². The first-order valence-electron chi connectivity index (χ1n) is 9.18. The van der Waals surface area contributed by atoms with Crippen LogP contribution in [0.2, 0.25) is 0 Å². The van der Waals surface area contributed by atoms with Crippen LogP contribution in [0.5, 0.6) is 0 Å². The summed E-state index contributed by atoms with van der Waals surface area (Å²) in [5.41, 5.74) is 0.886. The number of nitrogens with one attached hydrogen (secondary N) is 2. The number of guanidine groups is 1. The minimum absolute atomic E-state index is 0.225. The molecule has 3 rings (SSSR count). The van der Waals surface area contributed by atoms with Crippen LogP contribution in [0.15, 0.2) is 47.7 Å². The molecular formula is C19H26FN7. The molecule has 0 amide bonds. The van der Waals surface area contributed by atoms with Crippen LogP contribution in [0, 0.1) is 5.82 Å². The Hall–Kier alpha value is -2.74. The van der Waals surface area contributed by atoms with Gasteiger partial charge in [0.25, 0.3) is 0 Å². The molecule has 144 valence electrons. The summed E-state index contributed by atoms with van der Waals surface area (Å²) in [5.74, 6) is 1.30. The molecule has 0 unspecified atom stereocenters. The highest BCUT2D eigenvalue weighted by Gasteiger charge is 2.18. The van der Waals surface area contributed by atoms with Crippen LogP contribution in [-0.4, -0.2) is 67.1 Å². The molecule has 1 fully saturated rings. The summed E-state index contributed by atoms with van der Waals surface area (Å²) >= 11 is 0. The molecule has 0 atom stereocenters. The molecule has 7 nitrogen and oxygen atoms in total. The maximum Gasteiger partial charge on any atom is 0.225 e. The smallest absolute Gasteiger partial charge is 0.225 e. The van der Waals surface area contributed by atoms with E-state index in [2.05, 4.69) is 35.4 Å². The molecule has 1 aliphatic rings. The van der Waals surface area contributed by atoms with E-state index in [1.165, 1.54) is 12.1 Å². The van der Waals surface area contributed by atoms with E-state index in [9.17, 15) is 4.39 Å². The van der Waals surface area contributed by atoms with Crippen molar-refractivity contribution in [3.05, 3.63) is 54.1 Å². The Morgan fingerprint density at radius 2 is 1.89 bits per heavy atom. The average Bonchev–Trinajstić information content (AvgIpc) is 2.72. The zero-order valence-corrected chi connectivity index (χ0v) is 15.6. The number of hydrogen-bond acceptors (Lipinski definition) is 5. The SMILES string of the molecule is CN=C(NCCN1CCN(c2ncccn2)CC1)NCc1cccc(F)c1. The van der Waals surface area contributed by atoms with Gasteiger partial charge in [-0.1, -0.05) is 12.1 Å². The Labute approximate surface area is 159 Å². The zero-order chi connectivity index (χ0) is 18.9. The Morgan fingerprint density at radius 3 is 2.59 bits per heavy atom. The third-order valence-corrected chi connectivity index (χ3v) is 4.50. The van der Waals surface area contributed by atoms with Crippen molar-refractivity contribution in [3.8, 4) is 0 Å². The zero-order valence-electron chi connectivity index (χ0n) is 15.6. The second-order valence-corrected chi connectivity index (χ2v) is 6.36. The van der Waals surface area contributed by atoms with Crippen molar-refractivity contribution in [2.75, 3.05) is 51.2 Å². The second kappa shape index (κ2) is 9.82. The van der Waals surface area contributed by atoms with E-state index < -0.39 is 0 Å². The number of anilines is 1. The van der Waals surface area contributed by atoms with Crippen molar-refractivity contribution in [2.24, 2.45) is 4.99 Å². The largest absolute Gasteiger partial charge is 0.355 e. The first-order chi connectivity index (χ1) is 13.2. The lowest BCUT2D eigenvalue weighted by Gasteiger charge is -2.34. The van der Waals surface area contributed by atoms with Crippen molar-refractivity contribution in [2.45, 2.75) is 6.54 Å². The van der Waals surface area contributed by atoms with Crippen molar-refractivity contribution < 1.29 is 4.39 Å². The van der Waals surface area contributed by atoms with Crippen molar-refractivity contribution >= 4 is 11.9 Å². The van der Waals surface area contributed by atoms with Crippen LogP contribution < -0.4 is 15.5 Å². The third-order valence-electron chi connectivity index (χ3n) is 4.50. The molecule has 0 saturated carbocycles. The fourth-order valence-corrected chi connectivity index (χ4v) is 3.01. The quantitative estimate of drug-likeness (QED) is 0.586. The van der Waals surface area contributed by atoms with E-state index in [0.29, 0.717) is 6.54 Å². The minimum atomic E-state index is -0.225. The van der Waals surface area contributed by atoms with E-state index in [-0.39, 0.29) is 5.82 Å². The Balaban J connectivity index is 1.35. The molecule has 2 heterocycles. The van der Waals surface area contributed by atoms with Crippen LogP contribution >= 0.6 is 0 Å². The van der Waals surface area contributed by atoms with E-state index >= 15 is 0 Å². The van der Waals surface area contributed by atoms with Crippen LogP contribution in [0.25, 0.3) is 0 Å². The third kappa shape index (κ3) is 5.89. The topological polar surface area (TPSA) is 68.7 Å². The Kier molecular flexibility index (Phi) is 6.92. The molecule has 0 radical (unpaired) electrons. The van der Waals surface area contributed by atoms with E-state index in [1.807, 2.05) is 12.1 Å². The molecule has 1 saturated heterocycles. The van der Waals surface area contributed by atoms with Gasteiger partial charge in [-0.25, -0.2) is 14.4 Å². The Morgan fingerprint density at radius 1 is 1.11 bits per heavy atom. The summed E-state index contributed by atoms with van der Waals surface area (Å²) in [5, 5.41) is 6.52. The van der Waals surface area contributed by atoms with Crippen LogP contribution in [-0.2, 0) is 6.54 Å². The maximum absolute atomic E-state index is 13.2. The summed E-state index contributed by atoms with van der Waals surface area (Å²) in [6.45, 7) is 6.08. The maximum atomic E-state index is 13.2. The number of hydrogen-bond donors (Lipinski definition) is 2. The lowest BCUT2D eigenvalue weighted by atomic mass is 10.2. The van der Waals surface area contributed by atoms with E-state index in [0.717, 1.165) is 56.7 Å². The van der Waals surface area contributed by atoms with Crippen molar-refractivity contribution in [1.82, 2.24) is 25.5 Å². The van der Waals surface area contributed by atoms with Gasteiger partial charge < -0.3 is 15.5 Å². The highest BCUT2D eigenvalue weighted by molar-refractivity contribution is 5.79. The molecule has 27 heavy (non-hydrogen) atoms. The number of nitrogens with zero attached hydrogens (tertiary/aromatic N) is 5. The summed E-state index contributed by atoms with van der Waals surface area (Å²) in [7, 11) is 1.74. The lowest BCUT2D eigenvalue weighted by Crippen LogP contribution is -2.49. The predicted molar refractivity (Wildman–Crippen MR) is 105 cm³/mol. The van der Waals surface area contributed by atoms with Gasteiger partial charge in [-0.3, -0.25) is 9.89 Å². The summed E-state index contributed by atoms with van der Waals surface area (Å²) in [6.07, 6.45) is 3.56. The number of aromatic nitrogens is 2. The molecule has 2 N–H and O–H groups in total. The molecule has 0 bridgehead atoms. The van der Waals surface area contributed by atoms with Crippen LogP contribution in [0.4, 0.5) is 10.3 Å². The van der Waals surface area contributed by atoms with Gasteiger partial charge in [-0.15, -0.1) is 0 Å². The van der Waals surface area contributed by atoms with Gasteiger partial charge in [0.2, 0.25) is 5.95 Å². The van der Waals surface area contributed by atoms with E-state index in [4.69, 9.17) is 0 Å². The molecule has 1 aromatic heterocycles. The lowest BCUT2D eigenvalue weighted by molar-refractivity contribution is 0.260. The highest BCUT2D eigenvalue weighted by Crippen LogP contribution is 2.09. The monoisotopic (exact) mass is 371 g/mol. The highest BCUT2D eigenvalue weighted by atomic mass is 19.1. The first-order valence-corrected chi connectivity index (χ1v) is 9.18. The molecule has 8 heteroatoms. The number of benzene rings is 1. The first kappa shape index (κ1) is 19.0. The van der Waals surface area contributed by atoms with Crippen LogP contribution in [0.3, 0.4) is 0 Å². The fraction of sp³-hybridized carbons (Fsp3) is 0.421.